The molecule has 13 heavy (non-hydrogen) atoms. The van der Waals surface area contributed by atoms with Crippen molar-refractivity contribution in [3.8, 4) is 0 Å². The number of hydrogen-bond acceptors (Lipinski definition) is 1. The van der Waals surface area contributed by atoms with Crippen molar-refractivity contribution < 1.29 is 9.90 Å². The first-order valence-corrected chi connectivity index (χ1v) is 4.13. The van der Waals surface area contributed by atoms with Gasteiger partial charge in [0.1, 0.15) is 0 Å². The van der Waals surface area contributed by atoms with E-state index in [0.717, 1.165) is 5.56 Å². The summed E-state index contributed by atoms with van der Waals surface area (Å²) in [4.78, 5) is 10.7. The number of carboxylic acid groups (broad SMARTS) is 1. The molecule has 1 aliphatic rings. The van der Waals surface area contributed by atoms with E-state index in [1.54, 1.807) is 12.5 Å². The molecule has 0 saturated heterocycles. The molecule has 1 aliphatic carbocycles. The van der Waals surface area contributed by atoms with Crippen molar-refractivity contribution in [2.75, 3.05) is 0 Å². The van der Waals surface area contributed by atoms with Gasteiger partial charge in [0.25, 0.3) is 0 Å². The zero-order valence-corrected chi connectivity index (χ0v) is 7.03. The summed E-state index contributed by atoms with van der Waals surface area (Å²) < 4.78 is 0. The normalized spacial score (nSPS) is 14.6. The van der Waals surface area contributed by atoms with Crippen LogP contribution in [0.5, 0.6) is 0 Å². The Morgan fingerprint density at radius 2 is 2.08 bits per heavy atom. The SMILES string of the molecule is O=C(O)C1=CCc2ccccc2[CH]1. The van der Waals surface area contributed by atoms with E-state index in [-0.39, 0.29) is 0 Å². The van der Waals surface area contributed by atoms with Crippen LogP contribution >= 0.6 is 0 Å². The molecular formula is C11H9O2. The van der Waals surface area contributed by atoms with Crippen LogP contribution in [0, 0.1) is 6.42 Å². The number of allylic oxidation sites excluding steroid dienone is 1. The molecule has 0 fully saturated rings. The molecule has 0 amide bonds. The molecule has 0 unspecified atom stereocenters. The maximum absolute atomic E-state index is 10.7. The minimum Gasteiger partial charge on any atom is -0.478 e. The summed E-state index contributed by atoms with van der Waals surface area (Å²) in [6, 6.07) is 7.83. The summed E-state index contributed by atoms with van der Waals surface area (Å²) in [6.07, 6.45) is 4.17. The lowest BCUT2D eigenvalue weighted by Crippen LogP contribution is -2.08. The van der Waals surface area contributed by atoms with E-state index >= 15 is 0 Å². The van der Waals surface area contributed by atoms with Gasteiger partial charge in [0.15, 0.2) is 0 Å². The van der Waals surface area contributed by atoms with Crippen LogP contribution in [-0.2, 0) is 11.2 Å². The summed E-state index contributed by atoms with van der Waals surface area (Å²) in [5.74, 6) is -0.852. The van der Waals surface area contributed by atoms with Gasteiger partial charge in [-0.3, -0.25) is 0 Å². The molecule has 0 aromatic heterocycles. The van der Waals surface area contributed by atoms with Gasteiger partial charge in [0.2, 0.25) is 0 Å². The molecule has 65 valence electrons. The minimum absolute atomic E-state index is 0.388. The number of aliphatic carboxylic acids is 1. The predicted molar refractivity (Wildman–Crippen MR) is 49.3 cm³/mol. The van der Waals surface area contributed by atoms with Crippen LogP contribution in [0.1, 0.15) is 11.1 Å². The molecule has 2 heteroatoms. The van der Waals surface area contributed by atoms with E-state index in [1.165, 1.54) is 5.56 Å². The molecule has 2 rings (SSSR count). The van der Waals surface area contributed by atoms with Gasteiger partial charge in [0.05, 0.1) is 0 Å². The predicted octanol–water partition coefficient (Wildman–Crippen LogP) is 1.81. The Hall–Kier alpha value is -1.57. The maximum Gasteiger partial charge on any atom is 0.331 e. The summed E-state index contributed by atoms with van der Waals surface area (Å²) in [7, 11) is 0. The molecule has 1 aromatic carbocycles. The number of rotatable bonds is 1. The van der Waals surface area contributed by atoms with E-state index < -0.39 is 5.97 Å². The van der Waals surface area contributed by atoms with Crippen molar-refractivity contribution in [2.24, 2.45) is 0 Å². The second-order valence-electron chi connectivity index (χ2n) is 3.01. The Labute approximate surface area is 76.5 Å². The number of hydrogen-bond donors (Lipinski definition) is 1. The summed E-state index contributed by atoms with van der Waals surface area (Å²) in [5.41, 5.74) is 2.59. The van der Waals surface area contributed by atoms with Gasteiger partial charge in [-0.2, -0.15) is 0 Å². The lowest BCUT2D eigenvalue weighted by atomic mass is 9.92. The van der Waals surface area contributed by atoms with E-state index in [9.17, 15) is 4.79 Å². The van der Waals surface area contributed by atoms with E-state index in [1.807, 2.05) is 24.3 Å². The molecule has 1 radical (unpaired) electrons. The molecule has 0 spiro atoms. The summed E-state index contributed by atoms with van der Waals surface area (Å²) in [5, 5.41) is 8.76. The van der Waals surface area contributed by atoms with Gasteiger partial charge in [-0.1, -0.05) is 30.3 Å². The van der Waals surface area contributed by atoms with Crippen molar-refractivity contribution in [1.29, 1.82) is 0 Å². The molecule has 1 aromatic rings. The Bertz CT molecular complexity index is 377. The third-order valence-corrected chi connectivity index (χ3v) is 2.15. The van der Waals surface area contributed by atoms with Crippen molar-refractivity contribution in [3.05, 3.63) is 53.5 Å². The molecule has 1 N–H and O–H groups in total. The smallest absolute Gasteiger partial charge is 0.331 e. The monoisotopic (exact) mass is 173 g/mol. The number of fused-ring (bicyclic) bond motifs is 1. The zero-order valence-electron chi connectivity index (χ0n) is 7.03. The van der Waals surface area contributed by atoms with E-state index in [4.69, 9.17) is 5.11 Å². The van der Waals surface area contributed by atoms with Crippen LogP contribution in [0.2, 0.25) is 0 Å². The van der Waals surface area contributed by atoms with E-state index in [0.29, 0.717) is 12.0 Å². The van der Waals surface area contributed by atoms with Gasteiger partial charge >= 0.3 is 5.97 Å². The summed E-state index contributed by atoms with van der Waals surface area (Å²) in [6.45, 7) is 0. The van der Waals surface area contributed by atoms with Crippen molar-refractivity contribution in [2.45, 2.75) is 6.42 Å². The highest BCUT2D eigenvalue weighted by atomic mass is 16.4. The standard InChI is InChI=1S/C11H9O2/c12-11(13)10-6-5-8-3-1-2-4-9(8)7-10/h1-4,6-7H,5H2,(H,12,13). The van der Waals surface area contributed by atoms with E-state index in [2.05, 4.69) is 0 Å². The number of carbonyl (C=O) groups is 1. The summed E-state index contributed by atoms with van der Waals surface area (Å²) >= 11 is 0. The van der Waals surface area contributed by atoms with Gasteiger partial charge in [0, 0.05) is 12.0 Å². The van der Waals surface area contributed by atoms with Crippen molar-refractivity contribution in [1.82, 2.24) is 0 Å². The Morgan fingerprint density at radius 3 is 2.85 bits per heavy atom. The molecule has 0 bridgehead atoms. The molecule has 2 nitrogen and oxygen atoms in total. The fourth-order valence-electron chi connectivity index (χ4n) is 1.46. The molecule has 0 heterocycles. The van der Waals surface area contributed by atoms with Crippen LogP contribution < -0.4 is 0 Å². The van der Waals surface area contributed by atoms with Gasteiger partial charge < -0.3 is 5.11 Å². The van der Waals surface area contributed by atoms with Gasteiger partial charge in [-0.15, -0.1) is 0 Å². The van der Waals surface area contributed by atoms with Crippen LogP contribution in [0.15, 0.2) is 35.9 Å². The van der Waals surface area contributed by atoms with Crippen LogP contribution in [0.3, 0.4) is 0 Å². The second-order valence-corrected chi connectivity index (χ2v) is 3.01. The van der Waals surface area contributed by atoms with Gasteiger partial charge in [-0.05, 0) is 17.5 Å². The zero-order chi connectivity index (χ0) is 9.26. The van der Waals surface area contributed by atoms with Crippen LogP contribution in [0.25, 0.3) is 0 Å². The first kappa shape index (κ1) is 8.05. The Kier molecular flexibility index (Phi) is 1.89. The van der Waals surface area contributed by atoms with Crippen LogP contribution in [-0.4, -0.2) is 11.1 Å². The van der Waals surface area contributed by atoms with Crippen molar-refractivity contribution in [3.63, 3.8) is 0 Å². The fraction of sp³-hybridized carbons (Fsp3) is 0.0909. The average Bonchev–Trinajstić information content (AvgIpc) is 2.17. The highest BCUT2D eigenvalue weighted by Gasteiger charge is 2.14. The molecule has 0 aliphatic heterocycles. The highest BCUT2D eigenvalue weighted by Crippen LogP contribution is 2.22. The lowest BCUT2D eigenvalue weighted by molar-refractivity contribution is -0.132. The minimum atomic E-state index is -0.852. The lowest BCUT2D eigenvalue weighted by Gasteiger charge is -2.13. The third kappa shape index (κ3) is 1.47. The number of carboxylic acids is 1. The molecule has 0 atom stereocenters. The maximum atomic E-state index is 10.7. The Morgan fingerprint density at radius 1 is 1.31 bits per heavy atom. The average molecular weight is 173 g/mol. The Balaban J connectivity index is 2.33. The first-order chi connectivity index (χ1) is 6.27. The quantitative estimate of drug-likeness (QED) is 0.703. The second kappa shape index (κ2) is 3.05. The topological polar surface area (TPSA) is 37.3 Å². The van der Waals surface area contributed by atoms with Crippen molar-refractivity contribution >= 4 is 5.97 Å². The third-order valence-electron chi connectivity index (χ3n) is 2.15. The largest absolute Gasteiger partial charge is 0.478 e. The van der Waals surface area contributed by atoms with Crippen LogP contribution in [0.4, 0.5) is 0 Å². The fourth-order valence-corrected chi connectivity index (χ4v) is 1.46. The number of benzene rings is 1. The van der Waals surface area contributed by atoms with Gasteiger partial charge in [-0.25, -0.2) is 4.79 Å². The molecule has 0 saturated carbocycles. The molecular weight excluding hydrogens is 164 g/mol. The first-order valence-electron chi connectivity index (χ1n) is 4.13. The highest BCUT2D eigenvalue weighted by molar-refractivity contribution is 5.90.